The minimum atomic E-state index is -3.59. The first-order valence-electron chi connectivity index (χ1n) is 9.92. The lowest BCUT2D eigenvalue weighted by atomic mass is 9.86. The van der Waals surface area contributed by atoms with Gasteiger partial charge in [0.25, 0.3) is 5.91 Å². The predicted molar refractivity (Wildman–Crippen MR) is 119 cm³/mol. The van der Waals surface area contributed by atoms with E-state index in [0.29, 0.717) is 24.4 Å². The van der Waals surface area contributed by atoms with Crippen LogP contribution in [0, 0.1) is 0 Å². The van der Waals surface area contributed by atoms with E-state index >= 15 is 0 Å². The van der Waals surface area contributed by atoms with Crippen LogP contribution < -0.4 is 4.18 Å². The largest absolute Gasteiger partial charge is 0.467 e. The molecular formula is C24H27NO5S. The van der Waals surface area contributed by atoms with Crippen molar-refractivity contribution in [3.63, 3.8) is 0 Å². The molecule has 0 saturated heterocycles. The number of benzene rings is 2. The van der Waals surface area contributed by atoms with Gasteiger partial charge in [0.2, 0.25) is 0 Å². The van der Waals surface area contributed by atoms with Gasteiger partial charge in [0.05, 0.1) is 19.1 Å². The molecule has 1 aromatic heterocycles. The number of nitrogens with zero attached hydrogens (tertiary/aromatic N) is 1. The third-order valence-corrected chi connectivity index (χ3v) is 5.25. The van der Waals surface area contributed by atoms with Crippen molar-refractivity contribution in [3.8, 4) is 5.75 Å². The molecule has 7 heteroatoms. The Balaban J connectivity index is 1.82. The van der Waals surface area contributed by atoms with E-state index in [1.165, 1.54) is 0 Å². The first kappa shape index (κ1) is 22.6. The molecule has 0 aliphatic heterocycles. The van der Waals surface area contributed by atoms with E-state index < -0.39 is 10.1 Å². The number of hydrogen-bond acceptors (Lipinski definition) is 5. The van der Waals surface area contributed by atoms with Crippen LogP contribution in [0.5, 0.6) is 5.75 Å². The van der Waals surface area contributed by atoms with E-state index in [1.807, 2.05) is 30.3 Å². The van der Waals surface area contributed by atoms with Crippen molar-refractivity contribution in [1.29, 1.82) is 0 Å². The van der Waals surface area contributed by atoms with E-state index in [0.717, 1.165) is 17.4 Å². The van der Waals surface area contributed by atoms with Gasteiger partial charge in [-0.1, -0.05) is 45.0 Å². The first-order valence-corrected chi connectivity index (χ1v) is 11.7. The van der Waals surface area contributed by atoms with Crippen molar-refractivity contribution >= 4 is 16.0 Å². The minimum absolute atomic E-state index is 0.00518. The van der Waals surface area contributed by atoms with Gasteiger partial charge >= 0.3 is 10.1 Å². The maximum absolute atomic E-state index is 13.3. The van der Waals surface area contributed by atoms with Gasteiger partial charge in [-0.15, -0.1) is 0 Å². The van der Waals surface area contributed by atoms with E-state index in [1.54, 1.807) is 41.5 Å². The highest BCUT2D eigenvalue weighted by Gasteiger charge is 2.20. The predicted octanol–water partition coefficient (Wildman–Crippen LogP) is 4.76. The quantitative estimate of drug-likeness (QED) is 0.494. The maximum atomic E-state index is 13.3. The molecular weight excluding hydrogens is 414 g/mol. The summed E-state index contributed by atoms with van der Waals surface area (Å²) in [6.45, 7) is 7.03. The number of furan rings is 1. The fourth-order valence-corrected chi connectivity index (χ4v) is 3.59. The number of hydrogen-bond donors (Lipinski definition) is 0. The first-order chi connectivity index (χ1) is 14.5. The minimum Gasteiger partial charge on any atom is -0.467 e. The zero-order valence-corrected chi connectivity index (χ0v) is 19.0. The summed E-state index contributed by atoms with van der Waals surface area (Å²) in [5.41, 5.74) is 2.59. The highest BCUT2D eigenvalue weighted by atomic mass is 32.2. The molecule has 0 fully saturated rings. The van der Waals surface area contributed by atoms with E-state index in [-0.39, 0.29) is 17.1 Å². The summed E-state index contributed by atoms with van der Waals surface area (Å²) in [5.74, 6) is 0.790. The van der Waals surface area contributed by atoms with Gasteiger partial charge < -0.3 is 13.5 Å². The van der Waals surface area contributed by atoms with E-state index in [4.69, 9.17) is 8.60 Å². The van der Waals surface area contributed by atoms with E-state index in [9.17, 15) is 13.2 Å². The lowest BCUT2D eigenvalue weighted by Crippen LogP contribution is -2.30. The summed E-state index contributed by atoms with van der Waals surface area (Å²) in [5, 5.41) is 0. The standard InChI is InChI=1S/C24H27NO5S/c1-24(2,3)20-11-9-19(10-12-20)23(26)25(17-22-6-5-15-29-22)16-18-7-13-21(14-8-18)30-31(4,27)28/h5-15H,16-17H2,1-4H3. The molecule has 1 amide bonds. The molecule has 0 aliphatic rings. The molecule has 6 nitrogen and oxygen atoms in total. The molecule has 0 atom stereocenters. The van der Waals surface area contributed by atoms with Gasteiger partial charge in [-0.25, -0.2) is 0 Å². The van der Waals surface area contributed by atoms with Crippen LogP contribution in [-0.4, -0.2) is 25.5 Å². The normalized spacial score (nSPS) is 11.9. The van der Waals surface area contributed by atoms with Gasteiger partial charge in [-0.2, -0.15) is 8.42 Å². The van der Waals surface area contributed by atoms with Crippen LogP contribution in [0.25, 0.3) is 0 Å². The molecule has 0 spiro atoms. The average Bonchev–Trinajstić information content (AvgIpc) is 3.20. The average molecular weight is 442 g/mol. The molecule has 3 aromatic rings. The zero-order chi connectivity index (χ0) is 22.6. The van der Waals surface area contributed by atoms with Gasteiger partial charge in [0.1, 0.15) is 11.5 Å². The van der Waals surface area contributed by atoms with Crippen molar-refractivity contribution < 1.29 is 21.8 Å². The molecule has 0 radical (unpaired) electrons. The summed E-state index contributed by atoms with van der Waals surface area (Å²) < 4.78 is 32.9. The zero-order valence-electron chi connectivity index (χ0n) is 18.2. The molecule has 0 aliphatic carbocycles. The Bertz CT molecular complexity index is 1110. The van der Waals surface area contributed by atoms with Gasteiger partial charge in [0, 0.05) is 12.1 Å². The molecule has 3 rings (SSSR count). The molecule has 31 heavy (non-hydrogen) atoms. The van der Waals surface area contributed by atoms with Crippen molar-refractivity contribution in [2.45, 2.75) is 39.3 Å². The topological polar surface area (TPSA) is 76.8 Å². The van der Waals surface area contributed by atoms with Crippen molar-refractivity contribution in [1.82, 2.24) is 4.90 Å². The Morgan fingerprint density at radius 3 is 2.13 bits per heavy atom. The number of carbonyl (C=O) groups is 1. The lowest BCUT2D eigenvalue weighted by Gasteiger charge is -2.23. The highest BCUT2D eigenvalue weighted by Crippen LogP contribution is 2.23. The fraction of sp³-hybridized carbons (Fsp3) is 0.292. The third kappa shape index (κ3) is 6.46. The number of rotatable bonds is 7. The van der Waals surface area contributed by atoms with Crippen LogP contribution in [0.1, 0.15) is 48.0 Å². The van der Waals surface area contributed by atoms with Gasteiger partial charge in [0.15, 0.2) is 0 Å². The van der Waals surface area contributed by atoms with Crippen LogP contribution in [0.4, 0.5) is 0 Å². The molecule has 0 saturated carbocycles. The summed E-state index contributed by atoms with van der Waals surface area (Å²) in [4.78, 5) is 15.0. The fourth-order valence-electron chi connectivity index (χ4n) is 3.13. The molecule has 164 valence electrons. The summed E-state index contributed by atoms with van der Waals surface area (Å²) in [7, 11) is -3.59. The second-order valence-corrected chi connectivity index (χ2v) is 10.1. The van der Waals surface area contributed by atoms with Crippen molar-refractivity contribution in [3.05, 3.63) is 89.4 Å². The molecule has 2 aromatic carbocycles. The van der Waals surface area contributed by atoms with Crippen LogP contribution >= 0.6 is 0 Å². The lowest BCUT2D eigenvalue weighted by molar-refractivity contribution is 0.0717. The Kier molecular flexibility index (Phi) is 6.55. The van der Waals surface area contributed by atoms with Crippen molar-refractivity contribution in [2.24, 2.45) is 0 Å². The molecule has 0 bridgehead atoms. The Labute approximate surface area is 183 Å². The van der Waals surface area contributed by atoms with Crippen LogP contribution in [0.15, 0.2) is 71.3 Å². The Morgan fingerprint density at radius 2 is 1.61 bits per heavy atom. The van der Waals surface area contributed by atoms with Crippen molar-refractivity contribution in [2.75, 3.05) is 6.26 Å². The second kappa shape index (κ2) is 8.98. The molecule has 1 heterocycles. The SMILES string of the molecule is CC(C)(C)c1ccc(C(=O)N(Cc2ccc(OS(C)(=O)=O)cc2)Cc2ccco2)cc1. The Morgan fingerprint density at radius 1 is 0.968 bits per heavy atom. The third-order valence-electron chi connectivity index (χ3n) is 4.76. The van der Waals surface area contributed by atoms with Gasteiger partial charge in [-0.05, 0) is 52.9 Å². The van der Waals surface area contributed by atoms with Gasteiger partial charge in [-0.3, -0.25) is 4.79 Å². The van der Waals surface area contributed by atoms with Crippen LogP contribution in [0.2, 0.25) is 0 Å². The summed E-state index contributed by atoms with van der Waals surface area (Å²) in [6, 6.07) is 17.9. The van der Waals surface area contributed by atoms with Crippen LogP contribution in [-0.2, 0) is 28.6 Å². The monoisotopic (exact) mass is 441 g/mol. The summed E-state index contributed by atoms with van der Waals surface area (Å²) in [6.07, 6.45) is 2.57. The number of amides is 1. The summed E-state index contributed by atoms with van der Waals surface area (Å²) >= 11 is 0. The molecule has 0 N–H and O–H groups in total. The van der Waals surface area contributed by atoms with Crippen LogP contribution in [0.3, 0.4) is 0 Å². The maximum Gasteiger partial charge on any atom is 0.306 e. The smallest absolute Gasteiger partial charge is 0.306 e. The highest BCUT2D eigenvalue weighted by molar-refractivity contribution is 7.86. The molecule has 0 unspecified atom stereocenters. The second-order valence-electron chi connectivity index (χ2n) is 8.50. The number of carbonyl (C=O) groups excluding carboxylic acids is 1. The Hall–Kier alpha value is -3.06. The van der Waals surface area contributed by atoms with E-state index in [2.05, 4.69) is 20.8 Å².